The zero-order valence-electron chi connectivity index (χ0n) is 10.8. The second kappa shape index (κ2) is 5.02. The highest BCUT2D eigenvalue weighted by Gasteiger charge is 2.19. The van der Waals surface area contributed by atoms with Gasteiger partial charge >= 0.3 is 0 Å². The van der Waals surface area contributed by atoms with Gasteiger partial charge in [-0.25, -0.2) is 0 Å². The Morgan fingerprint density at radius 1 is 1.22 bits per heavy atom. The SMILES string of the molecule is CC(C)(C)c1c[nH]c(=S)n1Cc1ccc(Br)cc1. The van der Waals surface area contributed by atoms with E-state index >= 15 is 0 Å². The van der Waals surface area contributed by atoms with E-state index in [2.05, 4.69) is 70.5 Å². The largest absolute Gasteiger partial charge is 0.337 e. The Morgan fingerprint density at radius 3 is 2.39 bits per heavy atom. The maximum absolute atomic E-state index is 5.36. The van der Waals surface area contributed by atoms with Gasteiger partial charge in [0.05, 0.1) is 6.54 Å². The lowest BCUT2D eigenvalue weighted by atomic mass is 9.92. The molecular weight excluding hydrogens is 308 g/mol. The molecule has 1 aromatic carbocycles. The van der Waals surface area contributed by atoms with Gasteiger partial charge < -0.3 is 9.55 Å². The summed E-state index contributed by atoms with van der Waals surface area (Å²) in [7, 11) is 0. The number of imidazole rings is 1. The summed E-state index contributed by atoms with van der Waals surface area (Å²) >= 11 is 8.82. The molecule has 0 aliphatic rings. The predicted molar refractivity (Wildman–Crippen MR) is 81.6 cm³/mol. The molecule has 2 rings (SSSR count). The number of rotatable bonds is 2. The van der Waals surface area contributed by atoms with E-state index in [0.29, 0.717) is 0 Å². The van der Waals surface area contributed by atoms with Crippen LogP contribution in [0.3, 0.4) is 0 Å². The van der Waals surface area contributed by atoms with Crippen molar-refractivity contribution in [3.05, 3.63) is 51.0 Å². The van der Waals surface area contributed by atoms with Crippen molar-refractivity contribution in [1.29, 1.82) is 0 Å². The Hall–Kier alpha value is -0.870. The van der Waals surface area contributed by atoms with Crippen LogP contribution in [0.2, 0.25) is 0 Å². The van der Waals surface area contributed by atoms with Crippen LogP contribution >= 0.6 is 28.1 Å². The molecule has 0 unspecified atom stereocenters. The minimum Gasteiger partial charge on any atom is -0.337 e. The van der Waals surface area contributed by atoms with Crippen molar-refractivity contribution in [3.63, 3.8) is 0 Å². The van der Waals surface area contributed by atoms with Crippen molar-refractivity contribution in [2.75, 3.05) is 0 Å². The number of hydrogen-bond donors (Lipinski definition) is 1. The zero-order valence-corrected chi connectivity index (χ0v) is 13.2. The van der Waals surface area contributed by atoms with Gasteiger partial charge in [0, 0.05) is 21.8 Å². The van der Waals surface area contributed by atoms with Gasteiger partial charge in [0.25, 0.3) is 0 Å². The Balaban J connectivity index is 2.37. The summed E-state index contributed by atoms with van der Waals surface area (Å²) in [5, 5.41) is 0. The van der Waals surface area contributed by atoms with Crippen LogP contribution in [0.5, 0.6) is 0 Å². The van der Waals surface area contributed by atoms with Crippen LogP contribution in [0.4, 0.5) is 0 Å². The standard InChI is InChI=1S/C14H17BrN2S/c1-14(2,3)12-8-16-13(18)17(12)9-10-4-6-11(15)7-5-10/h4-8H,9H2,1-3H3,(H,16,18). The average molecular weight is 325 g/mol. The molecule has 1 heterocycles. The minimum atomic E-state index is 0.0862. The molecular formula is C14H17BrN2S. The van der Waals surface area contributed by atoms with E-state index in [-0.39, 0.29) is 5.41 Å². The molecule has 0 radical (unpaired) electrons. The van der Waals surface area contributed by atoms with E-state index in [0.717, 1.165) is 15.8 Å². The van der Waals surface area contributed by atoms with E-state index in [1.54, 1.807) is 0 Å². The predicted octanol–water partition coefficient (Wildman–Crippen LogP) is 4.65. The molecule has 0 saturated heterocycles. The fourth-order valence-corrected chi connectivity index (χ4v) is 2.43. The Kier molecular flexibility index (Phi) is 3.78. The number of H-pyrrole nitrogens is 1. The summed E-state index contributed by atoms with van der Waals surface area (Å²) in [6.07, 6.45) is 2.02. The number of nitrogens with zero attached hydrogens (tertiary/aromatic N) is 1. The van der Waals surface area contributed by atoms with Crippen molar-refractivity contribution in [3.8, 4) is 0 Å². The molecule has 0 aliphatic carbocycles. The molecule has 0 amide bonds. The highest BCUT2D eigenvalue weighted by Crippen LogP contribution is 2.23. The molecule has 1 aromatic heterocycles. The van der Waals surface area contributed by atoms with Crippen LogP contribution < -0.4 is 0 Å². The number of halogens is 1. The van der Waals surface area contributed by atoms with E-state index in [4.69, 9.17) is 12.2 Å². The normalized spacial score (nSPS) is 11.8. The third kappa shape index (κ3) is 2.93. The first-order chi connectivity index (χ1) is 8.38. The molecule has 0 fully saturated rings. The molecule has 4 heteroatoms. The number of benzene rings is 1. The summed E-state index contributed by atoms with van der Waals surface area (Å²) in [5.74, 6) is 0. The van der Waals surface area contributed by atoms with E-state index in [1.165, 1.54) is 11.3 Å². The summed E-state index contributed by atoms with van der Waals surface area (Å²) in [6.45, 7) is 7.40. The second-order valence-electron chi connectivity index (χ2n) is 5.44. The lowest BCUT2D eigenvalue weighted by Crippen LogP contribution is -2.18. The summed E-state index contributed by atoms with van der Waals surface area (Å²) in [6, 6.07) is 8.35. The van der Waals surface area contributed by atoms with Crippen molar-refractivity contribution in [2.45, 2.75) is 32.7 Å². The van der Waals surface area contributed by atoms with E-state index in [1.807, 2.05) is 6.20 Å². The third-order valence-electron chi connectivity index (χ3n) is 2.89. The summed E-state index contributed by atoms with van der Waals surface area (Å²) < 4.78 is 4.04. The van der Waals surface area contributed by atoms with Gasteiger partial charge in [0.1, 0.15) is 0 Å². The van der Waals surface area contributed by atoms with Crippen LogP contribution in [0.25, 0.3) is 0 Å². The molecule has 0 bridgehead atoms. The zero-order chi connectivity index (χ0) is 13.3. The van der Waals surface area contributed by atoms with Crippen molar-refractivity contribution < 1.29 is 0 Å². The number of hydrogen-bond acceptors (Lipinski definition) is 1. The first kappa shape index (κ1) is 13.6. The third-order valence-corrected chi connectivity index (χ3v) is 3.76. The van der Waals surface area contributed by atoms with E-state index in [9.17, 15) is 0 Å². The molecule has 2 aromatic rings. The summed E-state index contributed by atoms with van der Waals surface area (Å²) in [4.78, 5) is 3.14. The minimum absolute atomic E-state index is 0.0862. The van der Waals surface area contributed by atoms with Crippen LogP contribution in [0.15, 0.2) is 34.9 Å². The van der Waals surface area contributed by atoms with E-state index < -0.39 is 0 Å². The highest BCUT2D eigenvalue weighted by molar-refractivity contribution is 9.10. The van der Waals surface area contributed by atoms with Gasteiger partial charge in [0.15, 0.2) is 4.77 Å². The fraction of sp³-hybridized carbons (Fsp3) is 0.357. The monoisotopic (exact) mass is 324 g/mol. The van der Waals surface area contributed by atoms with Gasteiger partial charge in [-0.15, -0.1) is 0 Å². The molecule has 18 heavy (non-hydrogen) atoms. The first-order valence-electron chi connectivity index (χ1n) is 5.91. The van der Waals surface area contributed by atoms with Crippen LogP contribution in [-0.4, -0.2) is 9.55 Å². The van der Waals surface area contributed by atoms with Crippen LogP contribution in [0, 0.1) is 4.77 Å². The number of nitrogens with one attached hydrogen (secondary N) is 1. The average Bonchev–Trinajstić information content (AvgIpc) is 2.63. The maximum Gasteiger partial charge on any atom is 0.177 e. The molecule has 0 atom stereocenters. The van der Waals surface area contributed by atoms with Crippen molar-refractivity contribution in [2.24, 2.45) is 0 Å². The number of aromatic amines is 1. The molecule has 0 aliphatic heterocycles. The lowest BCUT2D eigenvalue weighted by molar-refractivity contribution is 0.529. The quantitative estimate of drug-likeness (QED) is 0.797. The fourth-order valence-electron chi connectivity index (χ4n) is 1.95. The molecule has 0 spiro atoms. The molecule has 96 valence electrons. The summed E-state index contributed by atoms with van der Waals surface area (Å²) in [5.41, 5.74) is 2.57. The maximum atomic E-state index is 5.36. The first-order valence-corrected chi connectivity index (χ1v) is 7.11. The highest BCUT2D eigenvalue weighted by atomic mass is 79.9. The Morgan fingerprint density at radius 2 is 1.83 bits per heavy atom. The smallest absolute Gasteiger partial charge is 0.177 e. The Labute approximate surface area is 121 Å². The van der Waals surface area contributed by atoms with Gasteiger partial charge in [-0.05, 0) is 29.9 Å². The molecule has 1 N–H and O–H groups in total. The molecule has 2 nitrogen and oxygen atoms in total. The van der Waals surface area contributed by atoms with Gasteiger partial charge in [0.2, 0.25) is 0 Å². The van der Waals surface area contributed by atoms with Crippen LogP contribution in [-0.2, 0) is 12.0 Å². The van der Waals surface area contributed by atoms with Gasteiger partial charge in [-0.2, -0.15) is 0 Å². The number of aromatic nitrogens is 2. The van der Waals surface area contributed by atoms with Crippen LogP contribution in [0.1, 0.15) is 32.0 Å². The van der Waals surface area contributed by atoms with Gasteiger partial charge in [-0.1, -0.05) is 48.8 Å². The topological polar surface area (TPSA) is 20.7 Å². The van der Waals surface area contributed by atoms with Crippen molar-refractivity contribution >= 4 is 28.1 Å². The van der Waals surface area contributed by atoms with Gasteiger partial charge in [-0.3, -0.25) is 0 Å². The second-order valence-corrected chi connectivity index (χ2v) is 6.74. The molecule has 0 saturated carbocycles. The Bertz CT molecular complexity index is 587. The van der Waals surface area contributed by atoms with Crippen molar-refractivity contribution in [1.82, 2.24) is 9.55 Å². The lowest BCUT2D eigenvalue weighted by Gasteiger charge is -2.20.